The Bertz CT molecular complexity index is 112. The van der Waals surface area contributed by atoms with Crippen LogP contribution in [0.25, 0.3) is 0 Å². The Morgan fingerprint density at radius 2 is 2.08 bits per heavy atom. The van der Waals surface area contributed by atoms with Crippen molar-refractivity contribution in [3.8, 4) is 0 Å². The van der Waals surface area contributed by atoms with Gasteiger partial charge >= 0.3 is 0 Å². The van der Waals surface area contributed by atoms with E-state index in [1.54, 1.807) is 6.20 Å². The lowest BCUT2D eigenvalue weighted by Gasteiger charge is -2.03. The number of nitrogens with one attached hydrogen (secondary N) is 1. The van der Waals surface area contributed by atoms with Crippen LogP contribution in [0.4, 0.5) is 0 Å². The van der Waals surface area contributed by atoms with Crippen molar-refractivity contribution in [2.45, 2.75) is 12.8 Å². The van der Waals surface area contributed by atoms with E-state index < -0.39 is 0 Å². The molecule has 0 aromatic rings. The normalized spacial score (nSPS) is 9.92. The first-order valence-electron chi connectivity index (χ1n) is 4.49. The fraction of sp³-hybridized carbons (Fsp3) is 0.778. The standard InChI is InChI=1S/C9H19NO2S/c1-3-10-6-9-11-7-4-5-8-12-13-2/h3,10H,1,4-9H2,2H3. The maximum atomic E-state index is 5.34. The lowest BCUT2D eigenvalue weighted by atomic mass is 10.3. The van der Waals surface area contributed by atoms with Crippen LogP contribution in [0.2, 0.25) is 0 Å². The van der Waals surface area contributed by atoms with E-state index in [9.17, 15) is 0 Å². The molecule has 0 aliphatic heterocycles. The Balaban J connectivity index is 2.79. The molecule has 0 aliphatic carbocycles. The van der Waals surface area contributed by atoms with E-state index in [2.05, 4.69) is 11.9 Å². The number of hydrogen-bond acceptors (Lipinski definition) is 4. The summed E-state index contributed by atoms with van der Waals surface area (Å²) in [4.78, 5) is 0. The Hall–Kier alpha value is -0.190. The third kappa shape index (κ3) is 11.8. The SMILES string of the molecule is C=CNCCOCCCCOSC. The van der Waals surface area contributed by atoms with Crippen molar-refractivity contribution in [1.29, 1.82) is 0 Å². The Morgan fingerprint density at radius 1 is 1.31 bits per heavy atom. The molecule has 0 aromatic heterocycles. The van der Waals surface area contributed by atoms with E-state index >= 15 is 0 Å². The van der Waals surface area contributed by atoms with Gasteiger partial charge in [0.2, 0.25) is 0 Å². The zero-order valence-corrected chi connectivity index (χ0v) is 9.07. The van der Waals surface area contributed by atoms with Crippen LogP contribution >= 0.6 is 12.0 Å². The van der Waals surface area contributed by atoms with Crippen molar-refractivity contribution in [1.82, 2.24) is 5.32 Å². The van der Waals surface area contributed by atoms with Gasteiger partial charge in [-0.05, 0) is 31.1 Å². The molecule has 0 fully saturated rings. The van der Waals surface area contributed by atoms with Crippen LogP contribution in [0.3, 0.4) is 0 Å². The lowest BCUT2D eigenvalue weighted by molar-refractivity contribution is 0.131. The van der Waals surface area contributed by atoms with Crippen LogP contribution in [0.15, 0.2) is 12.8 Å². The number of unbranched alkanes of at least 4 members (excludes halogenated alkanes) is 1. The summed E-state index contributed by atoms with van der Waals surface area (Å²) in [6, 6.07) is 0. The smallest absolute Gasteiger partial charge is 0.0638 e. The van der Waals surface area contributed by atoms with Gasteiger partial charge in [0.25, 0.3) is 0 Å². The summed E-state index contributed by atoms with van der Waals surface area (Å²) in [5, 5.41) is 2.97. The van der Waals surface area contributed by atoms with Crippen LogP contribution < -0.4 is 5.32 Å². The van der Waals surface area contributed by atoms with Gasteiger partial charge in [0.1, 0.15) is 0 Å². The predicted octanol–water partition coefficient (Wildman–Crippen LogP) is 1.81. The Labute approximate surface area is 85.1 Å². The van der Waals surface area contributed by atoms with E-state index in [1.807, 2.05) is 6.26 Å². The Kier molecular flexibility index (Phi) is 11.6. The van der Waals surface area contributed by atoms with Crippen molar-refractivity contribution < 1.29 is 8.92 Å². The molecule has 0 radical (unpaired) electrons. The molecule has 0 spiro atoms. The van der Waals surface area contributed by atoms with Crippen molar-refractivity contribution in [2.75, 3.05) is 32.6 Å². The zero-order chi connectivity index (χ0) is 9.78. The van der Waals surface area contributed by atoms with Gasteiger partial charge in [0, 0.05) is 19.4 Å². The molecule has 3 nitrogen and oxygen atoms in total. The summed E-state index contributed by atoms with van der Waals surface area (Å²) in [6.07, 6.45) is 5.73. The molecule has 78 valence electrons. The summed E-state index contributed by atoms with van der Waals surface area (Å²) in [5.74, 6) is 0. The van der Waals surface area contributed by atoms with E-state index in [4.69, 9.17) is 8.92 Å². The van der Waals surface area contributed by atoms with Gasteiger partial charge in [-0.3, -0.25) is 0 Å². The summed E-state index contributed by atoms with van der Waals surface area (Å²) in [6.45, 7) is 6.76. The van der Waals surface area contributed by atoms with Crippen LogP contribution in [0.1, 0.15) is 12.8 Å². The average Bonchev–Trinajstić information content (AvgIpc) is 2.16. The van der Waals surface area contributed by atoms with Gasteiger partial charge in [-0.15, -0.1) is 0 Å². The van der Waals surface area contributed by atoms with Crippen LogP contribution in [0, 0.1) is 0 Å². The van der Waals surface area contributed by atoms with Gasteiger partial charge in [-0.2, -0.15) is 0 Å². The van der Waals surface area contributed by atoms with Gasteiger partial charge < -0.3 is 14.2 Å². The van der Waals surface area contributed by atoms with Crippen molar-refractivity contribution in [2.24, 2.45) is 0 Å². The zero-order valence-electron chi connectivity index (χ0n) is 8.25. The van der Waals surface area contributed by atoms with E-state index in [0.29, 0.717) is 0 Å². The highest BCUT2D eigenvalue weighted by molar-refractivity contribution is 7.93. The molecule has 0 heterocycles. The molecule has 13 heavy (non-hydrogen) atoms. The summed E-state index contributed by atoms with van der Waals surface area (Å²) in [5.41, 5.74) is 0. The van der Waals surface area contributed by atoms with E-state index in [-0.39, 0.29) is 0 Å². The molecule has 0 saturated heterocycles. The molecule has 0 unspecified atom stereocenters. The molecular formula is C9H19NO2S. The van der Waals surface area contributed by atoms with E-state index in [0.717, 1.165) is 39.2 Å². The molecule has 0 rings (SSSR count). The fourth-order valence-corrected chi connectivity index (χ4v) is 1.07. The summed E-state index contributed by atoms with van der Waals surface area (Å²) >= 11 is 1.41. The predicted molar refractivity (Wildman–Crippen MR) is 57.7 cm³/mol. The molecular weight excluding hydrogens is 186 g/mol. The van der Waals surface area contributed by atoms with Crippen LogP contribution in [0.5, 0.6) is 0 Å². The molecule has 0 aromatic carbocycles. The molecule has 0 amide bonds. The van der Waals surface area contributed by atoms with Gasteiger partial charge in [0.05, 0.1) is 13.2 Å². The number of rotatable bonds is 10. The molecule has 0 atom stereocenters. The van der Waals surface area contributed by atoms with Crippen LogP contribution in [-0.4, -0.2) is 32.6 Å². The summed E-state index contributed by atoms with van der Waals surface area (Å²) < 4.78 is 10.5. The minimum absolute atomic E-state index is 0.745. The first-order chi connectivity index (χ1) is 6.41. The largest absolute Gasteiger partial charge is 0.389 e. The van der Waals surface area contributed by atoms with Crippen molar-refractivity contribution >= 4 is 12.0 Å². The average molecular weight is 205 g/mol. The highest BCUT2D eigenvalue weighted by atomic mass is 32.2. The number of ether oxygens (including phenoxy) is 1. The molecule has 4 heteroatoms. The first-order valence-corrected chi connectivity index (χ1v) is 5.64. The van der Waals surface area contributed by atoms with Gasteiger partial charge in [0.15, 0.2) is 0 Å². The van der Waals surface area contributed by atoms with Crippen molar-refractivity contribution in [3.63, 3.8) is 0 Å². The molecule has 0 aliphatic rings. The second-order valence-corrected chi connectivity index (χ2v) is 3.04. The second-order valence-electron chi connectivity index (χ2n) is 2.47. The number of hydrogen-bond donors (Lipinski definition) is 1. The highest BCUT2D eigenvalue weighted by Gasteiger charge is 1.89. The molecule has 0 saturated carbocycles. The lowest BCUT2D eigenvalue weighted by Crippen LogP contribution is -2.13. The fourth-order valence-electron chi connectivity index (χ4n) is 0.784. The minimum atomic E-state index is 0.745. The third-order valence-corrected chi connectivity index (χ3v) is 1.82. The van der Waals surface area contributed by atoms with Crippen molar-refractivity contribution in [3.05, 3.63) is 12.8 Å². The molecule has 1 N–H and O–H groups in total. The molecule has 0 bridgehead atoms. The third-order valence-electron chi connectivity index (χ3n) is 1.42. The summed E-state index contributed by atoms with van der Waals surface area (Å²) in [7, 11) is 0. The van der Waals surface area contributed by atoms with Gasteiger partial charge in [-0.1, -0.05) is 6.58 Å². The quantitative estimate of drug-likeness (QED) is 0.435. The first kappa shape index (κ1) is 12.8. The topological polar surface area (TPSA) is 30.5 Å². The maximum Gasteiger partial charge on any atom is 0.0638 e. The van der Waals surface area contributed by atoms with Crippen LogP contribution in [-0.2, 0) is 8.92 Å². The maximum absolute atomic E-state index is 5.34. The van der Waals surface area contributed by atoms with Gasteiger partial charge in [-0.25, -0.2) is 0 Å². The second kappa shape index (κ2) is 11.8. The minimum Gasteiger partial charge on any atom is -0.389 e. The highest BCUT2D eigenvalue weighted by Crippen LogP contribution is 1.98. The Morgan fingerprint density at radius 3 is 2.77 bits per heavy atom. The monoisotopic (exact) mass is 205 g/mol. The van der Waals surface area contributed by atoms with E-state index in [1.165, 1.54) is 12.0 Å².